The first-order chi connectivity index (χ1) is 7.38. The second-order valence-electron chi connectivity index (χ2n) is 3.27. The van der Waals surface area contributed by atoms with E-state index in [0.717, 1.165) is 10.6 Å². The molecule has 0 fully saturated rings. The molecule has 1 aromatic carbocycles. The summed E-state index contributed by atoms with van der Waals surface area (Å²) in [7, 11) is 0. The predicted molar refractivity (Wildman–Crippen MR) is 53.1 cm³/mol. The standard InChI is InChI=1S/C9H6F4N2S/c10-5-2-1-3-6-7(5)14-8(16)15(6)4-9(11,12)13/h1-3H,4H2,(H,14,16). The lowest BCUT2D eigenvalue weighted by Gasteiger charge is -2.07. The molecule has 2 aromatic rings. The molecule has 0 radical (unpaired) electrons. The van der Waals surface area contributed by atoms with Crippen molar-refractivity contribution in [3.8, 4) is 0 Å². The highest BCUT2D eigenvalue weighted by Gasteiger charge is 2.29. The van der Waals surface area contributed by atoms with Crippen LogP contribution in [0.2, 0.25) is 0 Å². The maximum atomic E-state index is 13.2. The molecule has 0 aliphatic carbocycles. The van der Waals surface area contributed by atoms with Gasteiger partial charge in [0.25, 0.3) is 0 Å². The van der Waals surface area contributed by atoms with E-state index in [1.54, 1.807) is 0 Å². The van der Waals surface area contributed by atoms with E-state index < -0.39 is 18.5 Å². The van der Waals surface area contributed by atoms with Crippen molar-refractivity contribution in [2.24, 2.45) is 0 Å². The van der Waals surface area contributed by atoms with Crippen molar-refractivity contribution < 1.29 is 17.6 Å². The third-order valence-corrected chi connectivity index (χ3v) is 2.42. The molecular formula is C9H6F4N2S. The summed E-state index contributed by atoms with van der Waals surface area (Å²) in [5.41, 5.74) is 0.110. The molecule has 2 nitrogen and oxygen atoms in total. The highest BCUT2D eigenvalue weighted by atomic mass is 32.1. The van der Waals surface area contributed by atoms with Crippen LogP contribution >= 0.6 is 12.2 Å². The summed E-state index contributed by atoms with van der Waals surface area (Å²) >= 11 is 4.72. The Labute approximate surface area is 92.5 Å². The topological polar surface area (TPSA) is 20.7 Å². The van der Waals surface area contributed by atoms with Gasteiger partial charge in [-0.1, -0.05) is 6.07 Å². The molecular weight excluding hydrogens is 244 g/mol. The first-order valence-electron chi connectivity index (χ1n) is 4.32. The number of rotatable bonds is 1. The average Bonchev–Trinajstić information content (AvgIpc) is 2.44. The van der Waals surface area contributed by atoms with Crippen molar-refractivity contribution in [2.45, 2.75) is 12.7 Å². The van der Waals surface area contributed by atoms with Crippen LogP contribution in [0.1, 0.15) is 0 Å². The molecule has 0 unspecified atom stereocenters. The zero-order chi connectivity index (χ0) is 11.9. The third-order valence-electron chi connectivity index (χ3n) is 2.10. The minimum atomic E-state index is -4.39. The van der Waals surface area contributed by atoms with Crippen LogP contribution in [0.15, 0.2) is 18.2 Å². The second kappa shape index (κ2) is 3.58. The summed E-state index contributed by atoms with van der Waals surface area (Å²) in [5.74, 6) is -0.621. The number of aromatic amines is 1. The van der Waals surface area contributed by atoms with Gasteiger partial charge in [-0.15, -0.1) is 0 Å². The lowest BCUT2D eigenvalue weighted by Crippen LogP contribution is -2.17. The quantitative estimate of drug-likeness (QED) is 0.607. The van der Waals surface area contributed by atoms with Gasteiger partial charge in [-0.25, -0.2) is 4.39 Å². The number of alkyl halides is 3. The summed E-state index contributed by atoms with van der Waals surface area (Å²) < 4.78 is 50.7. The average molecular weight is 250 g/mol. The Balaban J connectivity index is 2.66. The molecule has 0 spiro atoms. The van der Waals surface area contributed by atoms with Crippen LogP contribution in [0, 0.1) is 10.6 Å². The van der Waals surface area contributed by atoms with Crippen LogP contribution in [-0.2, 0) is 6.54 Å². The van der Waals surface area contributed by atoms with E-state index in [1.807, 2.05) is 0 Å². The van der Waals surface area contributed by atoms with Gasteiger partial charge in [0, 0.05) is 0 Å². The van der Waals surface area contributed by atoms with Crippen LogP contribution in [-0.4, -0.2) is 15.7 Å². The first-order valence-corrected chi connectivity index (χ1v) is 4.73. The van der Waals surface area contributed by atoms with E-state index >= 15 is 0 Å². The number of aromatic nitrogens is 2. The molecule has 0 amide bonds. The Morgan fingerprint density at radius 1 is 1.31 bits per heavy atom. The molecule has 16 heavy (non-hydrogen) atoms. The van der Waals surface area contributed by atoms with Gasteiger partial charge in [0.2, 0.25) is 0 Å². The fourth-order valence-electron chi connectivity index (χ4n) is 1.48. The van der Waals surface area contributed by atoms with Gasteiger partial charge in [0.15, 0.2) is 4.77 Å². The number of halogens is 4. The maximum absolute atomic E-state index is 13.2. The summed E-state index contributed by atoms with van der Waals surface area (Å²) in [6.07, 6.45) is -4.39. The van der Waals surface area contributed by atoms with Gasteiger partial charge < -0.3 is 9.55 Å². The molecule has 2 rings (SSSR count). The number of benzene rings is 1. The van der Waals surface area contributed by atoms with Crippen molar-refractivity contribution >= 4 is 23.3 Å². The molecule has 1 N–H and O–H groups in total. The van der Waals surface area contributed by atoms with Crippen molar-refractivity contribution in [1.29, 1.82) is 0 Å². The first kappa shape index (κ1) is 11.1. The van der Waals surface area contributed by atoms with Crippen molar-refractivity contribution in [3.05, 3.63) is 28.8 Å². The number of hydrogen-bond donors (Lipinski definition) is 1. The highest BCUT2D eigenvalue weighted by Crippen LogP contribution is 2.23. The van der Waals surface area contributed by atoms with E-state index in [-0.39, 0.29) is 15.8 Å². The van der Waals surface area contributed by atoms with Gasteiger partial charge >= 0.3 is 6.18 Å². The van der Waals surface area contributed by atoms with Crippen LogP contribution in [0.4, 0.5) is 17.6 Å². The molecule has 86 valence electrons. The Morgan fingerprint density at radius 2 is 2.00 bits per heavy atom. The smallest absolute Gasteiger partial charge is 0.328 e. The fraction of sp³-hybridized carbons (Fsp3) is 0.222. The second-order valence-corrected chi connectivity index (χ2v) is 3.65. The van der Waals surface area contributed by atoms with Gasteiger partial charge in [0.1, 0.15) is 17.9 Å². The number of hydrogen-bond acceptors (Lipinski definition) is 1. The molecule has 0 saturated heterocycles. The lowest BCUT2D eigenvalue weighted by atomic mass is 10.3. The fourth-order valence-corrected chi connectivity index (χ4v) is 1.75. The van der Waals surface area contributed by atoms with Crippen LogP contribution in [0.3, 0.4) is 0 Å². The van der Waals surface area contributed by atoms with Crippen LogP contribution in [0.25, 0.3) is 11.0 Å². The van der Waals surface area contributed by atoms with E-state index in [0.29, 0.717) is 0 Å². The molecule has 0 saturated carbocycles. The number of fused-ring (bicyclic) bond motifs is 1. The van der Waals surface area contributed by atoms with Gasteiger partial charge in [-0.2, -0.15) is 13.2 Å². The Kier molecular flexibility index (Phi) is 2.49. The van der Waals surface area contributed by atoms with E-state index in [4.69, 9.17) is 12.2 Å². The minimum Gasteiger partial charge on any atom is -0.328 e. The van der Waals surface area contributed by atoms with Crippen molar-refractivity contribution in [2.75, 3.05) is 0 Å². The summed E-state index contributed by atoms with van der Waals surface area (Å²) in [4.78, 5) is 2.42. The van der Waals surface area contributed by atoms with E-state index in [2.05, 4.69) is 4.98 Å². The SMILES string of the molecule is Fc1cccc2c1[nH]c(=S)n2CC(F)(F)F. The summed E-state index contributed by atoms with van der Waals surface area (Å²) in [6, 6.07) is 3.88. The Morgan fingerprint density at radius 3 is 2.62 bits per heavy atom. The summed E-state index contributed by atoms with van der Waals surface area (Å²) in [6.45, 7) is -1.23. The molecule has 7 heteroatoms. The van der Waals surface area contributed by atoms with Crippen molar-refractivity contribution in [3.63, 3.8) is 0 Å². The Hall–Kier alpha value is -1.37. The molecule has 0 bridgehead atoms. The molecule has 0 atom stereocenters. The number of nitrogens with one attached hydrogen (secondary N) is 1. The minimum absolute atomic E-state index is 0.00301. The molecule has 1 aromatic heterocycles. The zero-order valence-corrected chi connectivity index (χ0v) is 8.62. The van der Waals surface area contributed by atoms with Crippen LogP contribution < -0.4 is 0 Å². The van der Waals surface area contributed by atoms with Gasteiger partial charge in [0.05, 0.1) is 5.52 Å². The van der Waals surface area contributed by atoms with Gasteiger partial charge in [-0.05, 0) is 24.4 Å². The lowest BCUT2D eigenvalue weighted by molar-refractivity contribution is -0.140. The monoisotopic (exact) mass is 250 g/mol. The van der Waals surface area contributed by atoms with Crippen LogP contribution in [0.5, 0.6) is 0 Å². The molecule has 0 aliphatic heterocycles. The maximum Gasteiger partial charge on any atom is 0.406 e. The van der Waals surface area contributed by atoms with Crippen molar-refractivity contribution in [1.82, 2.24) is 9.55 Å². The zero-order valence-electron chi connectivity index (χ0n) is 7.81. The normalized spacial score (nSPS) is 12.2. The third kappa shape index (κ3) is 1.95. The number of imidazole rings is 1. The summed E-state index contributed by atoms with van der Waals surface area (Å²) in [5, 5.41) is 0. The number of para-hydroxylation sites is 1. The molecule has 1 heterocycles. The van der Waals surface area contributed by atoms with E-state index in [1.165, 1.54) is 12.1 Å². The largest absolute Gasteiger partial charge is 0.406 e. The highest BCUT2D eigenvalue weighted by molar-refractivity contribution is 7.71. The number of nitrogens with zero attached hydrogens (tertiary/aromatic N) is 1. The van der Waals surface area contributed by atoms with E-state index in [9.17, 15) is 17.6 Å². The Bertz CT molecular complexity index is 581. The number of H-pyrrole nitrogens is 1. The molecule has 0 aliphatic rings. The predicted octanol–water partition coefficient (Wildman–Crippen LogP) is 3.40. The van der Waals surface area contributed by atoms with Gasteiger partial charge in [-0.3, -0.25) is 0 Å².